The van der Waals surface area contributed by atoms with Crippen LogP contribution in [0.15, 0.2) is 247 Å². The lowest BCUT2D eigenvalue weighted by atomic mass is 9.67. The molecule has 1 aliphatic rings. The van der Waals surface area contributed by atoms with E-state index >= 15 is 0 Å². The van der Waals surface area contributed by atoms with Gasteiger partial charge in [-0.25, -0.2) is 0 Å². The monoisotopic (exact) mass is 848 g/mol. The fraction of sp³-hybridized carbons (Fsp3) is 0.0164. The predicted octanol–water partition coefficient (Wildman–Crippen LogP) is 17.3. The third kappa shape index (κ3) is 5.81. The highest BCUT2D eigenvalue weighted by Crippen LogP contribution is 2.61. The minimum atomic E-state index is -0.619. The van der Waals surface area contributed by atoms with Crippen LogP contribution in [0.1, 0.15) is 22.3 Å². The molecule has 1 aliphatic carbocycles. The minimum Gasteiger partial charge on any atom is -0.456 e. The Balaban J connectivity index is 1.07. The quantitative estimate of drug-likeness (QED) is 0.152. The maximum absolute atomic E-state index is 6.84. The van der Waals surface area contributed by atoms with Crippen molar-refractivity contribution in [3.8, 4) is 11.1 Å². The van der Waals surface area contributed by atoms with Gasteiger partial charge < -0.3 is 14.2 Å². The van der Waals surface area contributed by atoms with Crippen molar-refractivity contribution in [2.45, 2.75) is 5.41 Å². The zero-order valence-electron chi connectivity index (χ0n) is 35.3. The molecule has 0 bridgehead atoms. The minimum absolute atomic E-state index is 0.619. The molecule has 12 aromatic rings. The van der Waals surface area contributed by atoms with Crippen LogP contribution in [0.25, 0.3) is 53.2 Å². The molecule has 3 nitrogen and oxygen atoms in total. The fourth-order valence-corrected chi connectivity index (χ4v) is 11.8. The van der Waals surface area contributed by atoms with E-state index in [1.54, 1.807) is 0 Å². The van der Waals surface area contributed by atoms with Gasteiger partial charge in [0, 0.05) is 65.1 Å². The van der Waals surface area contributed by atoms with Crippen LogP contribution in [0.5, 0.6) is 0 Å². The predicted molar refractivity (Wildman–Crippen MR) is 273 cm³/mol. The summed E-state index contributed by atoms with van der Waals surface area (Å²) in [5, 5.41) is 4.70. The van der Waals surface area contributed by atoms with Crippen molar-refractivity contribution in [1.29, 1.82) is 0 Å². The van der Waals surface area contributed by atoms with Gasteiger partial charge in [-0.2, -0.15) is 0 Å². The third-order valence-electron chi connectivity index (χ3n) is 13.3. The van der Waals surface area contributed by atoms with Gasteiger partial charge in [-0.05, 0) is 130 Å². The first kappa shape index (κ1) is 37.4. The lowest BCUT2D eigenvalue weighted by Gasteiger charge is -2.34. The Morgan fingerprint density at radius 2 is 0.800 bits per heavy atom. The van der Waals surface area contributed by atoms with Gasteiger partial charge in [0.2, 0.25) is 0 Å². The van der Waals surface area contributed by atoms with Gasteiger partial charge in [-0.15, -0.1) is 11.3 Å². The van der Waals surface area contributed by atoms with E-state index in [1.807, 2.05) is 11.3 Å². The van der Waals surface area contributed by atoms with Crippen molar-refractivity contribution in [3.05, 3.63) is 265 Å². The average Bonchev–Trinajstić information content (AvgIpc) is 4.03. The Kier molecular flexibility index (Phi) is 8.62. The van der Waals surface area contributed by atoms with Crippen LogP contribution < -0.4 is 9.80 Å². The molecule has 0 saturated heterocycles. The lowest BCUT2D eigenvalue weighted by molar-refractivity contribution is 0.668. The van der Waals surface area contributed by atoms with Crippen LogP contribution in [0.2, 0.25) is 0 Å². The van der Waals surface area contributed by atoms with Crippen molar-refractivity contribution in [1.82, 2.24) is 0 Å². The molecule has 0 unspecified atom stereocenters. The van der Waals surface area contributed by atoms with Crippen molar-refractivity contribution < 1.29 is 4.42 Å². The Labute approximate surface area is 381 Å². The summed E-state index contributed by atoms with van der Waals surface area (Å²) < 4.78 is 9.40. The zero-order valence-corrected chi connectivity index (χ0v) is 36.1. The van der Waals surface area contributed by atoms with Crippen LogP contribution >= 0.6 is 11.3 Å². The van der Waals surface area contributed by atoms with E-state index in [1.165, 1.54) is 53.6 Å². The molecule has 0 saturated carbocycles. The molecule has 0 atom stereocenters. The number of hydrogen-bond acceptors (Lipinski definition) is 4. The second kappa shape index (κ2) is 15.0. The van der Waals surface area contributed by atoms with Gasteiger partial charge in [-0.3, -0.25) is 0 Å². The number of hydrogen-bond donors (Lipinski definition) is 0. The molecule has 2 aromatic heterocycles. The second-order valence-electron chi connectivity index (χ2n) is 16.8. The summed E-state index contributed by atoms with van der Waals surface area (Å²) in [5.41, 5.74) is 15.3. The summed E-state index contributed by atoms with van der Waals surface area (Å²) in [6.07, 6.45) is 0. The van der Waals surface area contributed by atoms with E-state index < -0.39 is 5.41 Å². The molecule has 65 heavy (non-hydrogen) atoms. The number of furan rings is 1. The first-order chi connectivity index (χ1) is 32.2. The highest BCUT2D eigenvalue weighted by molar-refractivity contribution is 7.26. The van der Waals surface area contributed by atoms with Gasteiger partial charge in [0.05, 0.1) is 5.41 Å². The number of anilines is 6. The van der Waals surface area contributed by atoms with Gasteiger partial charge >= 0.3 is 0 Å². The summed E-state index contributed by atoms with van der Waals surface area (Å²) in [6, 6.07) is 87.9. The summed E-state index contributed by atoms with van der Waals surface area (Å²) >= 11 is 1.90. The number of thiophene rings is 1. The Bertz CT molecular complexity index is 3580. The Morgan fingerprint density at radius 1 is 0.338 bits per heavy atom. The molecule has 10 aromatic carbocycles. The average molecular weight is 849 g/mol. The third-order valence-corrected chi connectivity index (χ3v) is 14.5. The number of benzene rings is 10. The van der Waals surface area contributed by atoms with E-state index in [0.717, 1.165) is 56.1 Å². The number of para-hydroxylation sites is 4. The smallest absolute Gasteiger partial charge is 0.136 e. The standard InChI is InChI=1S/C61H40N2OS/c1-7-19-41(20-8-1)61(42-21-9-2-10-22-42)55-39-53-52-37-47(62(43-23-11-3-12-24-43)44-25-13-4-14-26-44)31-35-56(52)64-57(53)40-51(55)49-33-34-50-54-38-48(32-36-58(54)65-60(50)59(49)61)63(45-27-15-5-16-28-45)46-29-17-6-18-30-46/h1-40H. The number of rotatable bonds is 8. The second-order valence-corrected chi connectivity index (χ2v) is 17.9. The lowest BCUT2D eigenvalue weighted by Crippen LogP contribution is -2.28. The van der Waals surface area contributed by atoms with E-state index in [4.69, 9.17) is 4.42 Å². The molecule has 306 valence electrons. The molecule has 0 fully saturated rings. The van der Waals surface area contributed by atoms with Crippen LogP contribution in [0, 0.1) is 0 Å². The van der Waals surface area contributed by atoms with E-state index in [2.05, 4.69) is 252 Å². The first-order valence-electron chi connectivity index (χ1n) is 22.2. The first-order valence-corrected chi connectivity index (χ1v) is 23.0. The molecular formula is C61H40N2OS. The van der Waals surface area contributed by atoms with E-state index in [-0.39, 0.29) is 0 Å². The van der Waals surface area contributed by atoms with Crippen molar-refractivity contribution in [2.24, 2.45) is 0 Å². The Hall–Kier alpha value is -8.18. The molecular weight excluding hydrogens is 809 g/mol. The molecule has 0 amide bonds. The molecule has 2 heterocycles. The van der Waals surface area contributed by atoms with E-state index in [0.29, 0.717) is 0 Å². The SMILES string of the molecule is c1ccc(N(c2ccccc2)c2ccc3oc4cc5c(cc4c3c2)C(c2ccccc2)(c2ccccc2)c2c-5ccc3c2sc2ccc(N(c4ccccc4)c4ccccc4)cc23)cc1. The van der Waals surface area contributed by atoms with Crippen LogP contribution in [0.4, 0.5) is 34.1 Å². The topological polar surface area (TPSA) is 19.6 Å². The number of fused-ring (bicyclic) bond motifs is 10. The molecule has 4 heteroatoms. The molecule has 0 spiro atoms. The largest absolute Gasteiger partial charge is 0.456 e. The maximum atomic E-state index is 6.84. The number of nitrogens with zero attached hydrogens (tertiary/aromatic N) is 2. The fourth-order valence-electron chi connectivity index (χ4n) is 10.5. The van der Waals surface area contributed by atoms with Gasteiger partial charge in [0.1, 0.15) is 11.2 Å². The molecule has 13 rings (SSSR count). The highest BCUT2D eigenvalue weighted by atomic mass is 32.1. The van der Waals surface area contributed by atoms with Crippen LogP contribution in [-0.2, 0) is 5.41 Å². The molecule has 0 radical (unpaired) electrons. The summed E-state index contributed by atoms with van der Waals surface area (Å²) in [4.78, 5) is 4.68. The van der Waals surface area contributed by atoms with Gasteiger partial charge in [-0.1, -0.05) is 146 Å². The van der Waals surface area contributed by atoms with Gasteiger partial charge in [0.15, 0.2) is 0 Å². The van der Waals surface area contributed by atoms with Crippen molar-refractivity contribution in [3.63, 3.8) is 0 Å². The van der Waals surface area contributed by atoms with Gasteiger partial charge in [0.25, 0.3) is 0 Å². The highest BCUT2D eigenvalue weighted by Gasteiger charge is 2.48. The van der Waals surface area contributed by atoms with E-state index in [9.17, 15) is 0 Å². The zero-order chi connectivity index (χ0) is 42.9. The molecule has 0 N–H and O–H groups in total. The van der Waals surface area contributed by atoms with Crippen molar-refractivity contribution in [2.75, 3.05) is 9.80 Å². The normalized spacial score (nSPS) is 12.7. The van der Waals surface area contributed by atoms with Crippen molar-refractivity contribution >= 4 is 87.6 Å². The van der Waals surface area contributed by atoms with Crippen LogP contribution in [0.3, 0.4) is 0 Å². The van der Waals surface area contributed by atoms with Crippen LogP contribution in [-0.4, -0.2) is 0 Å². The summed E-state index contributed by atoms with van der Waals surface area (Å²) in [7, 11) is 0. The molecule has 0 aliphatic heterocycles. The summed E-state index contributed by atoms with van der Waals surface area (Å²) in [5.74, 6) is 0. The maximum Gasteiger partial charge on any atom is 0.136 e. The Morgan fingerprint density at radius 3 is 1.32 bits per heavy atom. The summed E-state index contributed by atoms with van der Waals surface area (Å²) in [6.45, 7) is 0.